The van der Waals surface area contributed by atoms with Crippen LogP contribution in [-0.4, -0.2) is 28.9 Å². The Bertz CT molecular complexity index is 1400. The van der Waals surface area contributed by atoms with Gasteiger partial charge in [0.15, 0.2) is 5.11 Å². The van der Waals surface area contributed by atoms with Crippen LogP contribution in [0.5, 0.6) is 11.5 Å². The minimum absolute atomic E-state index is 0.140. The lowest BCUT2D eigenvalue weighted by molar-refractivity contribution is 0.394. The summed E-state index contributed by atoms with van der Waals surface area (Å²) in [7, 11) is 3.32. The van der Waals surface area contributed by atoms with Gasteiger partial charge >= 0.3 is 0 Å². The lowest BCUT2D eigenvalue weighted by Gasteiger charge is -2.30. The Morgan fingerprint density at radius 3 is 2.31 bits per heavy atom. The Hall–Kier alpha value is -3.84. The second kappa shape index (κ2) is 9.66. The maximum atomic E-state index is 5.96. The Morgan fingerprint density at radius 2 is 1.64 bits per heavy atom. The first-order valence-electron chi connectivity index (χ1n) is 11.9. The molecule has 2 aromatic carbocycles. The molecule has 36 heavy (non-hydrogen) atoms. The molecule has 1 aliphatic heterocycles. The van der Waals surface area contributed by atoms with E-state index in [0.29, 0.717) is 10.9 Å². The fraction of sp³-hybridized carbons (Fsp3) is 0.241. The molecule has 0 saturated carbocycles. The Kier molecular flexibility index (Phi) is 6.41. The number of rotatable bonds is 6. The van der Waals surface area contributed by atoms with E-state index in [4.69, 9.17) is 26.7 Å². The van der Waals surface area contributed by atoms with Crippen molar-refractivity contribution in [2.24, 2.45) is 0 Å². The van der Waals surface area contributed by atoms with Gasteiger partial charge in [-0.1, -0.05) is 24.3 Å². The molecular formula is C29H30N4O2S. The van der Waals surface area contributed by atoms with E-state index in [1.807, 2.05) is 48.7 Å². The number of nitrogens with one attached hydrogen (secondary N) is 1. The molecule has 0 amide bonds. The van der Waals surface area contributed by atoms with E-state index in [-0.39, 0.29) is 12.1 Å². The van der Waals surface area contributed by atoms with Gasteiger partial charge in [0.1, 0.15) is 11.5 Å². The number of hydrogen-bond acceptors (Lipinski definition) is 4. The summed E-state index contributed by atoms with van der Waals surface area (Å²) in [5.74, 6) is 1.42. The summed E-state index contributed by atoms with van der Waals surface area (Å²) in [5, 5.41) is 4.20. The summed E-state index contributed by atoms with van der Waals surface area (Å²) in [6, 6.07) is 22.0. The number of thiocarbonyl (C=S) groups is 1. The van der Waals surface area contributed by atoms with E-state index in [2.05, 4.69) is 59.8 Å². The standard InChI is InChI=1S/C29H30N4O2S/c1-18-19(2)32(21-11-7-6-8-12-21)20(3)26(18)28-27(23-13-9-10-16-30-23)31-29(36)33(28)24-15-14-22(34-4)17-25(24)35-5/h6-17,27-28H,1-5H3,(H,31,36)/t27-,28+/m1/s1. The summed E-state index contributed by atoms with van der Waals surface area (Å²) in [6.07, 6.45) is 1.83. The predicted octanol–water partition coefficient (Wildman–Crippen LogP) is 5.99. The van der Waals surface area contributed by atoms with Crippen LogP contribution in [0.15, 0.2) is 72.9 Å². The van der Waals surface area contributed by atoms with Crippen LogP contribution >= 0.6 is 12.2 Å². The number of pyridine rings is 1. The predicted molar refractivity (Wildman–Crippen MR) is 147 cm³/mol. The van der Waals surface area contributed by atoms with Gasteiger partial charge in [-0.05, 0) is 75.0 Å². The third-order valence-electron chi connectivity index (χ3n) is 7.06. The molecule has 1 fully saturated rings. The molecular weight excluding hydrogens is 468 g/mol. The first-order chi connectivity index (χ1) is 17.5. The molecule has 7 heteroatoms. The monoisotopic (exact) mass is 498 g/mol. The van der Waals surface area contributed by atoms with Crippen molar-refractivity contribution in [1.29, 1.82) is 0 Å². The van der Waals surface area contributed by atoms with Gasteiger partial charge in [-0.3, -0.25) is 4.98 Å². The molecule has 1 N–H and O–H groups in total. The van der Waals surface area contributed by atoms with Crippen molar-refractivity contribution in [3.05, 3.63) is 101 Å². The van der Waals surface area contributed by atoms with Crippen molar-refractivity contribution < 1.29 is 9.47 Å². The van der Waals surface area contributed by atoms with E-state index in [1.165, 1.54) is 22.5 Å². The van der Waals surface area contributed by atoms with Gasteiger partial charge < -0.3 is 24.3 Å². The molecule has 0 radical (unpaired) electrons. The zero-order chi connectivity index (χ0) is 25.4. The fourth-order valence-corrected chi connectivity index (χ4v) is 5.64. The van der Waals surface area contributed by atoms with Crippen molar-refractivity contribution in [2.75, 3.05) is 19.1 Å². The molecule has 1 saturated heterocycles. The molecule has 6 nitrogen and oxygen atoms in total. The molecule has 4 aromatic rings. The minimum atomic E-state index is -0.145. The maximum Gasteiger partial charge on any atom is 0.174 e. The van der Waals surface area contributed by atoms with Crippen LogP contribution in [-0.2, 0) is 0 Å². The lowest BCUT2D eigenvalue weighted by atomic mass is 9.93. The highest BCUT2D eigenvalue weighted by atomic mass is 32.1. The van der Waals surface area contributed by atoms with E-state index in [0.717, 1.165) is 22.8 Å². The Morgan fingerprint density at radius 1 is 0.889 bits per heavy atom. The van der Waals surface area contributed by atoms with Crippen molar-refractivity contribution in [3.63, 3.8) is 0 Å². The summed E-state index contributed by atoms with van der Waals surface area (Å²) >= 11 is 5.96. The smallest absolute Gasteiger partial charge is 0.174 e. The van der Waals surface area contributed by atoms with Crippen LogP contribution in [0.25, 0.3) is 5.69 Å². The van der Waals surface area contributed by atoms with Crippen molar-refractivity contribution >= 4 is 23.0 Å². The Balaban J connectivity index is 1.74. The average molecular weight is 499 g/mol. The largest absolute Gasteiger partial charge is 0.497 e. The average Bonchev–Trinajstić information content (AvgIpc) is 3.36. The van der Waals surface area contributed by atoms with Gasteiger partial charge in [0, 0.05) is 34.9 Å². The second-order valence-electron chi connectivity index (χ2n) is 8.91. The number of ether oxygens (including phenoxy) is 2. The second-order valence-corrected chi connectivity index (χ2v) is 9.30. The van der Waals surface area contributed by atoms with Crippen LogP contribution in [0.3, 0.4) is 0 Å². The van der Waals surface area contributed by atoms with Crippen LogP contribution < -0.4 is 19.7 Å². The summed E-state index contributed by atoms with van der Waals surface area (Å²) in [6.45, 7) is 6.55. The van der Waals surface area contributed by atoms with Crippen LogP contribution in [0.4, 0.5) is 5.69 Å². The van der Waals surface area contributed by atoms with Gasteiger partial charge in [0.25, 0.3) is 0 Å². The Labute approximate surface area is 217 Å². The molecule has 3 heterocycles. The molecule has 0 aliphatic carbocycles. The molecule has 2 aromatic heterocycles. The lowest BCUT2D eigenvalue weighted by Crippen LogP contribution is -2.30. The zero-order valence-corrected chi connectivity index (χ0v) is 22.0. The third-order valence-corrected chi connectivity index (χ3v) is 7.38. The van der Waals surface area contributed by atoms with Gasteiger partial charge in [0.05, 0.1) is 37.7 Å². The molecule has 5 rings (SSSR count). The molecule has 2 atom stereocenters. The van der Waals surface area contributed by atoms with E-state index in [9.17, 15) is 0 Å². The molecule has 184 valence electrons. The molecule has 0 bridgehead atoms. The summed E-state index contributed by atoms with van der Waals surface area (Å²) in [4.78, 5) is 6.87. The van der Waals surface area contributed by atoms with Gasteiger partial charge in [-0.15, -0.1) is 0 Å². The number of aromatic nitrogens is 2. The van der Waals surface area contributed by atoms with E-state index in [1.54, 1.807) is 14.2 Å². The molecule has 1 aliphatic rings. The van der Waals surface area contributed by atoms with Crippen molar-refractivity contribution in [2.45, 2.75) is 32.9 Å². The third kappa shape index (κ3) is 3.89. The van der Waals surface area contributed by atoms with Crippen molar-refractivity contribution in [1.82, 2.24) is 14.9 Å². The van der Waals surface area contributed by atoms with Crippen LogP contribution in [0.1, 0.15) is 40.3 Å². The molecule has 0 spiro atoms. The summed E-state index contributed by atoms with van der Waals surface area (Å²) < 4.78 is 13.6. The minimum Gasteiger partial charge on any atom is -0.497 e. The normalized spacial score (nSPS) is 17.2. The zero-order valence-electron chi connectivity index (χ0n) is 21.1. The maximum absolute atomic E-state index is 5.96. The van der Waals surface area contributed by atoms with Crippen molar-refractivity contribution in [3.8, 4) is 17.2 Å². The van der Waals surface area contributed by atoms with E-state index < -0.39 is 0 Å². The van der Waals surface area contributed by atoms with Gasteiger partial charge in [0.2, 0.25) is 0 Å². The van der Waals surface area contributed by atoms with E-state index >= 15 is 0 Å². The first kappa shape index (κ1) is 23.9. The number of hydrogen-bond donors (Lipinski definition) is 1. The SMILES string of the molecule is COc1ccc(N2C(=S)N[C@H](c3ccccn3)[C@@H]2c2c(C)c(C)n(-c3ccccc3)c2C)c(OC)c1. The van der Waals surface area contributed by atoms with Gasteiger partial charge in [-0.25, -0.2) is 0 Å². The number of anilines is 1. The topological polar surface area (TPSA) is 51.5 Å². The van der Waals surface area contributed by atoms with Gasteiger partial charge in [-0.2, -0.15) is 0 Å². The van der Waals surface area contributed by atoms with Crippen LogP contribution in [0.2, 0.25) is 0 Å². The first-order valence-corrected chi connectivity index (χ1v) is 12.3. The number of para-hydroxylation sites is 1. The number of benzene rings is 2. The highest BCUT2D eigenvalue weighted by molar-refractivity contribution is 7.80. The number of nitrogens with zero attached hydrogens (tertiary/aromatic N) is 3. The quantitative estimate of drug-likeness (QED) is 0.330. The van der Waals surface area contributed by atoms with Crippen LogP contribution in [0, 0.1) is 20.8 Å². The highest BCUT2D eigenvalue weighted by Crippen LogP contribution is 2.48. The number of methoxy groups -OCH3 is 2. The fourth-order valence-electron chi connectivity index (χ4n) is 5.30. The highest BCUT2D eigenvalue weighted by Gasteiger charge is 2.44. The molecule has 0 unspecified atom stereocenters. The summed E-state index contributed by atoms with van der Waals surface area (Å²) in [5.41, 5.74) is 7.77.